The minimum atomic E-state index is 0.304. The lowest BCUT2D eigenvalue weighted by atomic mass is 10.2. The summed E-state index contributed by atoms with van der Waals surface area (Å²) in [6, 6.07) is 8.29. The highest BCUT2D eigenvalue weighted by Crippen LogP contribution is 2.15. The molecule has 0 radical (unpaired) electrons. The highest BCUT2D eigenvalue weighted by Gasteiger charge is 2.14. The van der Waals surface area contributed by atoms with Crippen molar-refractivity contribution >= 4 is 17.0 Å². The SMILES string of the molecule is CCNC(=NCCCn1c(C)nc2ccccc21)NCCCOCC1CCCO1. The second-order valence-electron chi connectivity index (χ2n) is 7.40. The minimum Gasteiger partial charge on any atom is -0.379 e. The van der Waals surface area contributed by atoms with Crippen LogP contribution in [0.15, 0.2) is 29.3 Å². The molecule has 2 N–H and O–H groups in total. The molecule has 1 aromatic heterocycles. The van der Waals surface area contributed by atoms with Crippen LogP contribution in [0.3, 0.4) is 0 Å². The zero-order valence-corrected chi connectivity index (χ0v) is 17.8. The van der Waals surface area contributed by atoms with E-state index in [1.54, 1.807) is 0 Å². The molecular weight excluding hydrogens is 366 g/mol. The van der Waals surface area contributed by atoms with Gasteiger partial charge < -0.3 is 24.7 Å². The molecule has 0 bridgehead atoms. The number of para-hydroxylation sites is 2. The third kappa shape index (κ3) is 6.72. The van der Waals surface area contributed by atoms with Crippen molar-refractivity contribution < 1.29 is 9.47 Å². The number of hydrogen-bond acceptors (Lipinski definition) is 4. The first-order chi connectivity index (χ1) is 14.3. The molecule has 160 valence electrons. The van der Waals surface area contributed by atoms with Gasteiger partial charge in [-0.2, -0.15) is 0 Å². The third-order valence-electron chi connectivity index (χ3n) is 5.09. The summed E-state index contributed by atoms with van der Waals surface area (Å²) in [5, 5.41) is 6.70. The molecule has 0 aliphatic carbocycles. The van der Waals surface area contributed by atoms with E-state index in [1.165, 1.54) is 5.52 Å². The van der Waals surface area contributed by atoms with E-state index < -0.39 is 0 Å². The van der Waals surface area contributed by atoms with E-state index >= 15 is 0 Å². The normalized spacial score (nSPS) is 17.2. The minimum absolute atomic E-state index is 0.304. The maximum Gasteiger partial charge on any atom is 0.191 e. The van der Waals surface area contributed by atoms with Crippen molar-refractivity contribution in [2.45, 2.75) is 52.2 Å². The number of rotatable bonds is 11. The Morgan fingerprint density at radius 2 is 2.21 bits per heavy atom. The molecule has 1 saturated heterocycles. The number of fused-ring (bicyclic) bond motifs is 1. The van der Waals surface area contributed by atoms with Crippen LogP contribution in [0.2, 0.25) is 0 Å². The van der Waals surface area contributed by atoms with Crippen LogP contribution in [0.5, 0.6) is 0 Å². The maximum absolute atomic E-state index is 5.71. The Labute approximate surface area is 173 Å². The molecule has 1 aliphatic rings. The van der Waals surface area contributed by atoms with Crippen LogP contribution in [0.4, 0.5) is 0 Å². The van der Waals surface area contributed by atoms with Crippen LogP contribution in [0.1, 0.15) is 38.4 Å². The summed E-state index contributed by atoms with van der Waals surface area (Å²) in [6.45, 7) is 9.90. The van der Waals surface area contributed by atoms with Gasteiger partial charge in [-0.3, -0.25) is 4.99 Å². The zero-order valence-electron chi connectivity index (χ0n) is 17.8. The van der Waals surface area contributed by atoms with Crippen molar-refractivity contribution in [3.05, 3.63) is 30.1 Å². The Balaban J connectivity index is 1.35. The Hall–Kier alpha value is -2.12. The average molecular weight is 402 g/mol. The molecule has 3 rings (SSSR count). The molecule has 0 spiro atoms. The standard InChI is InChI=1S/C22H35N5O2/c1-3-23-22(25-13-8-15-28-17-19-9-6-16-29-19)24-12-7-14-27-18(2)26-20-10-4-5-11-21(20)27/h4-5,10-11,19H,3,6-9,12-17H2,1-2H3,(H2,23,24,25). The molecular formula is C22H35N5O2. The first-order valence-electron chi connectivity index (χ1n) is 10.9. The number of imidazole rings is 1. The lowest BCUT2D eigenvalue weighted by Crippen LogP contribution is -2.38. The topological polar surface area (TPSA) is 72.7 Å². The first kappa shape index (κ1) is 21.6. The Bertz CT molecular complexity index is 768. The summed E-state index contributed by atoms with van der Waals surface area (Å²) in [4.78, 5) is 9.33. The zero-order chi connectivity index (χ0) is 20.3. The van der Waals surface area contributed by atoms with E-state index in [4.69, 9.17) is 14.5 Å². The highest BCUT2D eigenvalue weighted by atomic mass is 16.5. The van der Waals surface area contributed by atoms with E-state index in [9.17, 15) is 0 Å². The molecule has 7 nitrogen and oxygen atoms in total. The Kier molecular flexibility index (Phi) is 8.77. The predicted molar refractivity (Wildman–Crippen MR) is 117 cm³/mol. The van der Waals surface area contributed by atoms with Crippen molar-refractivity contribution in [1.29, 1.82) is 0 Å². The number of aryl methyl sites for hydroxylation is 2. The van der Waals surface area contributed by atoms with Crippen LogP contribution >= 0.6 is 0 Å². The summed E-state index contributed by atoms with van der Waals surface area (Å²) in [7, 11) is 0. The largest absolute Gasteiger partial charge is 0.379 e. The van der Waals surface area contributed by atoms with Crippen LogP contribution in [-0.2, 0) is 16.0 Å². The molecule has 2 aromatic rings. The van der Waals surface area contributed by atoms with Gasteiger partial charge >= 0.3 is 0 Å². The number of aromatic nitrogens is 2. The van der Waals surface area contributed by atoms with Gasteiger partial charge in [-0.15, -0.1) is 0 Å². The van der Waals surface area contributed by atoms with Crippen molar-refractivity contribution in [2.24, 2.45) is 4.99 Å². The van der Waals surface area contributed by atoms with Crippen LogP contribution in [0.25, 0.3) is 11.0 Å². The first-order valence-corrected chi connectivity index (χ1v) is 10.9. The number of ether oxygens (including phenoxy) is 2. The van der Waals surface area contributed by atoms with E-state index in [0.29, 0.717) is 6.10 Å². The van der Waals surface area contributed by atoms with Gasteiger partial charge in [0.1, 0.15) is 5.82 Å². The van der Waals surface area contributed by atoms with Gasteiger partial charge in [0.05, 0.1) is 23.7 Å². The molecule has 1 aromatic carbocycles. The lowest BCUT2D eigenvalue weighted by Gasteiger charge is -2.13. The van der Waals surface area contributed by atoms with Crippen LogP contribution < -0.4 is 10.6 Å². The number of nitrogens with one attached hydrogen (secondary N) is 2. The van der Waals surface area contributed by atoms with E-state index in [0.717, 1.165) is 89.0 Å². The van der Waals surface area contributed by atoms with Gasteiger partial charge in [0.25, 0.3) is 0 Å². The fourth-order valence-electron chi connectivity index (χ4n) is 3.61. The molecule has 1 atom stereocenters. The summed E-state index contributed by atoms with van der Waals surface area (Å²) < 4.78 is 13.6. The second kappa shape index (κ2) is 11.8. The summed E-state index contributed by atoms with van der Waals surface area (Å²) >= 11 is 0. The number of aliphatic imine (C=N–C) groups is 1. The molecule has 1 unspecified atom stereocenters. The second-order valence-corrected chi connectivity index (χ2v) is 7.40. The number of benzene rings is 1. The smallest absolute Gasteiger partial charge is 0.191 e. The molecule has 7 heteroatoms. The molecule has 29 heavy (non-hydrogen) atoms. The van der Waals surface area contributed by atoms with Crippen LogP contribution in [0, 0.1) is 6.92 Å². The van der Waals surface area contributed by atoms with Gasteiger partial charge in [-0.1, -0.05) is 12.1 Å². The summed E-state index contributed by atoms with van der Waals surface area (Å²) in [6.07, 6.45) is 4.52. The van der Waals surface area contributed by atoms with Crippen molar-refractivity contribution in [1.82, 2.24) is 20.2 Å². The number of hydrogen-bond donors (Lipinski definition) is 2. The van der Waals surface area contributed by atoms with E-state index in [1.807, 2.05) is 6.07 Å². The van der Waals surface area contributed by atoms with Gasteiger partial charge in [0.2, 0.25) is 0 Å². The average Bonchev–Trinajstić information content (AvgIpc) is 3.35. The highest BCUT2D eigenvalue weighted by molar-refractivity contribution is 5.79. The molecule has 0 saturated carbocycles. The number of nitrogens with zero attached hydrogens (tertiary/aromatic N) is 3. The van der Waals surface area contributed by atoms with Crippen molar-refractivity contribution in [2.75, 3.05) is 39.5 Å². The predicted octanol–water partition coefficient (Wildman–Crippen LogP) is 2.88. The molecule has 1 fully saturated rings. The maximum atomic E-state index is 5.71. The van der Waals surface area contributed by atoms with E-state index in [2.05, 4.69) is 52.2 Å². The van der Waals surface area contributed by atoms with Crippen molar-refractivity contribution in [3.63, 3.8) is 0 Å². The number of guanidine groups is 1. The lowest BCUT2D eigenvalue weighted by molar-refractivity contribution is 0.0168. The fourth-order valence-corrected chi connectivity index (χ4v) is 3.61. The van der Waals surface area contributed by atoms with Crippen LogP contribution in [-0.4, -0.2) is 61.1 Å². The van der Waals surface area contributed by atoms with E-state index in [-0.39, 0.29) is 0 Å². The van der Waals surface area contributed by atoms with Gasteiger partial charge in [0, 0.05) is 39.4 Å². The monoisotopic (exact) mass is 401 g/mol. The Morgan fingerprint density at radius 1 is 1.31 bits per heavy atom. The Morgan fingerprint density at radius 3 is 3.03 bits per heavy atom. The van der Waals surface area contributed by atoms with Gasteiger partial charge in [-0.25, -0.2) is 4.98 Å². The quantitative estimate of drug-likeness (QED) is 0.344. The summed E-state index contributed by atoms with van der Waals surface area (Å²) in [5.41, 5.74) is 2.26. The van der Waals surface area contributed by atoms with Gasteiger partial charge in [0.15, 0.2) is 5.96 Å². The molecule has 2 heterocycles. The third-order valence-corrected chi connectivity index (χ3v) is 5.09. The van der Waals surface area contributed by atoms with Crippen molar-refractivity contribution in [3.8, 4) is 0 Å². The molecule has 0 amide bonds. The van der Waals surface area contributed by atoms with Gasteiger partial charge in [-0.05, 0) is 51.7 Å². The molecule has 1 aliphatic heterocycles. The summed E-state index contributed by atoms with van der Waals surface area (Å²) in [5.74, 6) is 1.93. The fraction of sp³-hybridized carbons (Fsp3) is 0.636.